The van der Waals surface area contributed by atoms with Crippen molar-refractivity contribution in [1.29, 1.82) is 0 Å². The highest BCUT2D eigenvalue weighted by Crippen LogP contribution is 2.28. The number of nitrogens with zero attached hydrogens (tertiary/aromatic N) is 3. The van der Waals surface area contributed by atoms with E-state index < -0.39 is 146 Å². The third kappa shape index (κ3) is 29.5. The maximum absolute atomic E-state index is 13.4. The van der Waals surface area contributed by atoms with Gasteiger partial charge in [0.2, 0.25) is 41.1 Å². The quantitative estimate of drug-likeness (QED) is 0.0117. The lowest BCUT2D eigenvalue weighted by Gasteiger charge is -2.40. The molecule has 18 N–H and O–H groups in total. The van der Waals surface area contributed by atoms with E-state index in [9.17, 15) is 64.2 Å². The third-order valence-electron chi connectivity index (χ3n) is 11.7. The van der Waals surface area contributed by atoms with Gasteiger partial charge >= 0.3 is 11.9 Å². The molecule has 0 aromatic rings. The van der Waals surface area contributed by atoms with Crippen LogP contribution in [0.3, 0.4) is 0 Å². The summed E-state index contributed by atoms with van der Waals surface area (Å²) in [6.07, 6.45) is -1.81. The summed E-state index contributed by atoms with van der Waals surface area (Å²) in [7, 11) is 0. The number of carboxylic acids is 2. The zero-order valence-electron chi connectivity index (χ0n) is 47.0. The Morgan fingerprint density at radius 1 is 0.619 bits per heavy atom. The Morgan fingerprint density at radius 3 is 1.36 bits per heavy atom. The average molecular weight is 1210 g/mol. The van der Waals surface area contributed by atoms with Crippen LogP contribution in [0.15, 0.2) is 33.7 Å². The first-order valence-electron chi connectivity index (χ1n) is 26.6. The van der Waals surface area contributed by atoms with E-state index in [1.807, 2.05) is 0 Å². The van der Waals surface area contributed by atoms with Crippen LogP contribution in [0.2, 0.25) is 0 Å². The van der Waals surface area contributed by atoms with Crippen LogP contribution in [0.1, 0.15) is 33.1 Å². The lowest BCUT2D eigenvalue weighted by Crippen LogP contribution is -2.60. The molecule has 1 unspecified atom stereocenters. The molecule has 34 heteroatoms. The number of aliphatic carboxylic acids is 2. The van der Waals surface area contributed by atoms with Crippen LogP contribution < -0.4 is 44.2 Å². The number of ether oxygens (including phenoxy) is 10. The van der Waals surface area contributed by atoms with E-state index >= 15 is 0 Å². The minimum Gasteiger partial charge on any atom is -0.478 e. The molecule has 2 aliphatic heterocycles. The summed E-state index contributed by atoms with van der Waals surface area (Å²) < 4.78 is 55.5. The fourth-order valence-corrected chi connectivity index (χ4v) is 7.93. The number of aliphatic hydroxyl groups excluding tert-OH is 4. The summed E-state index contributed by atoms with van der Waals surface area (Å²) >= 11 is 0. The van der Waals surface area contributed by atoms with Gasteiger partial charge in [0.05, 0.1) is 103 Å². The molecule has 0 saturated heterocycles. The number of aliphatic hydroxyl groups is 4. The molecule has 0 aromatic carbocycles. The highest BCUT2D eigenvalue weighted by molar-refractivity contribution is 5.86. The molecule has 34 nitrogen and oxygen atoms in total. The Labute approximate surface area is 484 Å². The number of carbonyl (C=O) groups is 7. The first kappa shape index (κ1) is 73.1. The number of rotatable bonds is 45. The van der Waals surface area contributed by atoms with Crippen molar-refractivity contribution >= 4 is 53.4 Å². The number of amides is 5. The smallest absolute Gasteiger partial charge is 0.370 e. The van der Waals surface area contributed by atoms with E-state index in [1.165, 1.54) is 4.90 Å². The molecule has 0 bridgehead atoms. The standard InChI is InChI=1S/C50H83N11O23/c1-4-12-75-18-20-79-22-23-80-21-19-78-15-7-40(70)61(10-16-76-13-5-8-55-38(68)28-81-43(34(66)26-62)45-41(57-30(2)64)32(59-49(51)52)24-36(83-45)47(71)72)11-17-77-14-6-9-56-39(69)29-82-44(35(67)27-63)46-42(58-31(3)65)33(60-50(53)54)25-37(84-46)48(73)74/h1,24-25,32-35,41-46,62-63,66-67H,5-23,26-29H2,2-3H3,(H,55,68)(H,56,69)(H,57,64)(H,58,65)(H,71,72)(H,73,74)(H4,51,52,59)(H4,53,54,60)/t32-,33-,34+,35+,41+,42?,43+,44+,45+,46+/m0/s1. The molecular formula is C50H83N11O23. The zero-order chi connectivity index (χ0) is 62.4. The third-order valence-corrected chi connectivity index (χ3v) is 11.7. The molecule has 0 saturated carbocycles. The average Bonchev–Trinajstić information content (AvgIpc) is 3.64. The summed E-state index contributed by atoms with van der Waals surface area (Å²) in [5.74, 6) is -5.73. The van der Waals surface area contributed by atoms with Crippen molar-refractivity contribution in [3.8, 4) is 12.3 Å². The first-order chi connectivity index (χ1) is 40.1. The minimum atomic E-state index is -1.73. The van der Waals surface area contributed by atoms with E-state index in [1.54, 1.807) is 0 Å². The van der Waals surface area contributed by atoms with Crippen molar-refractivity contribution in [2.45, 2.75) is 93.9 Å². The maximum atomic E-state index is 13.4. The second-order valence-corrected chi connectivity index (χ2v) is 18.3. The molecule has 84 heavy (non-hydrogen) atoms. The maximum Gasteiger partial charge on any atom is 0.370 e. The van der Waals surface area contributed by atoms with Crippen molar-refractivity contribution < 1.29 is 112 Å². The fourth-order valence-electron chi connectivity index (χ4n) is 7.93. The van der Waals surface area contributed by atoms with E-state index in [2.05, 4.69) is 37.2 Å². The van der Waals surface area contributed by atoms with Gasteiger partial charge < -0.3 is 127 Å². The highest BCUT2D eigenvalue weighted by Gasteiger charge is 2.47. The molecule has 0 fully saturated rings. The van der Waals surface area contributed by atoms with Gasteiger partial charge in [-0.05, 0) is 25.0 Å². The Morgan fingerprint density at radius 2 is 1.00 bits per heavy atom. The van der Waals surface area contributed by atoms with Gasteiger partial charge in [-0.3, -0.25) is 24.0 Å². The predicted octanol–water partition coefficient (Wildman–Crippen LogP) is -7.54. The van der Waals surface area contributed by atoms with Crippen molar-refractivity contribution in [3.05, 3.63) is 23.7 Å². The topological polar surface area (TPSA) is 513 Å². The SMILES string of the molecule is C#CCOCCOCCOCCOCCC(=O)N(CCOCCCNC(=O)CO[C@H]([C@H](O)CO)[C@@H]1OC(C(=O)O)=C[C@H](N=C(N)N)C1NC(C)=O)CCOCCCNC(=O)CO[C@@H]([C@@H]1OC(C(=O)O)=C[C@H](N=C(N)N)[C@H]1NC(C)=O)[C@H](O)CO. The van der Waals surface area contributed by atoms with Gasteiger partial charge in [0.1, 0.15) is 44.2 Å². The number of hydrogen-bond donors (Lipinski definition) is 14. The molecule has 0 radical (unpaired) electrons. The molecule has 476 valence electrons. The number of nitrogens with two attached hydrogens (primary N) is 4. The predicted molar refractivity (Wildman–Crippen MR) is 291 cm³/mol. The molecule has 0 aliphatic carbocycles. The lowest BCUT2D eigenvalue weighted by molar-refractivity contribution is -0.158. The van der Waals surface area contributed by atoms with Gasteiger partial charge in [0.25, 0.3) is 0 Å². The van der Waals surface area contributed by atoms with Crippen LogP contribution in [0.4, 0.5) is 0 Å². The zero-order valence-corrected chi connectivity index (χ0v) is 47.0. The second-order valence-electron chi connectivity index (χ2n) is 18.3. The Bertz CT molecular complexity index is 2090. The molecule has 2 heterocycles. The molecular weight excluding hydrogens is 1120 g/mol. The first-order valence-corrected chi connectivity index (χ1v) is 26.6. The number of carbonyl (C=O) groups excluding carboxylic acids is 5. The Balaban J connectivity index is 1.93. The van der Waals surface area contributed by atoms with Gasteiger partial charge in [-0.25, -0.2) is 19.6 Å². The lowest BCUT2D eigenvalue weighted by atomic mass is 9.92. The number of nitrogens with one attached hydrogen (secondary N) is 4. The minimum absolute atomic E-state index is 0.0133. The summed E-state index contributed by atoms with van der Waals surface area (Å²) in [4.78, 5) is 96.6. The molecule has 0 spiro atoms. The number of hydrogen-bond acceptors (Lipinski definition) is 23. The van der Waals surface area contributed by atoms with Crippen LogP contribution >= 0.6 is 0 Å². The van der Waals surface area contributed by atoms with Gasteiger partial charge in [0.15, 0.2) is 24.1 Å². The van der Waals surface area contributed by atoms with E-state index in [4.69, 9.17) is 76.7 Å². The normalized spacial score (nSPS) is 19.6. The van der Waals surface area contributed by atoms with Gasteiger partial charge in [-0.1, -0.05) is 5.92 Å². The van der Waals surface area contributed by atoms with Crippen LogP contribution in [-0.2, 0) is 80.9 Å². The monoisotopic (exact) mass is 1210 g/mol. The van der Waals surface area contributed by atoms with E-state index in [-0.39, 0.29) is 91.4 Å². The van der Waals surface area contributed by atoms with Crippen molar-refractivity contribution in [2.24, 2.45) is 32.9 Å². The molecule has 2 aliphatic rings. The van der Waals surface area contributed by atoms with Gasteiger partial charge in [-0.15, -0.1) is 6.42 Å². The largest absolute Gasteiger partial charge is 0.478 e. The summed E-state index contributed by atoms with van der Waals surface area (Å²) in [6.45, 7) is 2.13. The molecule has 5 amide bonds. The fraction of sp³-hybridized carbons (Fsp3) is 0.700. The van der Waals surface area contributed by atoms with Crippen LogP contribution in [0, 0.1) is 12.3 Å². The second kappa shape index (κ2) is 41.9. The Kier molecular flexibility index (Phi) is 36.5. The van der Waals surface area contributed by atoms with Gasteiger partial charge in [0, 0.05) is 53.2 Å². The van der Waals surface area contributed by atoms with Crippen LogP contribution in [0.25, 0.3) is 0 Å². The van der Waals surface area contributed by atoms with Crippen molar-refractivity contribution in [1.82, 2.24) is 26.2 Å². The summed E-state index contributed by atoms with van der Waals surface area (Å²) in [5.41, 5.74) is 22.2. The molecule has 2 rings (SSSR count). The Hall–Kier alpha value is -7.01. The van der Waals surface area contributed by atoms with Gasteiger partial charge in [-0.2, -0.15) is 0 Å². The number of aliphatic imine (C=N–C) groups is 2. The molecule has 10 atom stereocenters. The molecule has 0 aromatic heterocycles. The van der Waals surface area contributed by atoms with E-state index in [0.717, 1.165) is 26.0 Å². The van der Waals surface area contributed by atoms with Crippen LogP contribution in [-0.4, -0.2) is 282 Å². The van der Waals surface area contributed by atoms with E-state index in [0.29, 0.717) is 39.3 Å². The van der Waals surface area contributed by atoms with Crippen molar-refractivity contribution in [2.75, 3.05) is 132 Å². The number of guanidine groups is 2. The van der Waals surface area contributed by atoms with Crippen LogP contribution in [0.5, 0.6) is 0 Å². The summed E-state index contributed by atoms with van der Waals surface area (Å²) in [6, 6.07) is -4.83. The highest BCUT2D eigenvalue weighted by atomic mass is 16.6. The van der Waals surface area contributed by atoms with Crippen molar-refractivity contribution in [3.63, 3.8) is 0 Å². The summed E-state index contributed by atoms with van der Waals surface area (Å²) in [5, 5.41) is 70.7. The number of carboxylic acid groups (broad SMARTS) is 2. The number of terminal acetylenes is 1.